The van der Waals surface area contributed by atoms with Crippen LogP contribution in [0.3, 0.4) is 0 Å². The first-order valence-corrected chi connectivity index (χ1v) is 7.24. The summed E-state index contributed by atoms with van der Waals surface area (Å²) in [5.74, 6) is -42.1. The van der Waals surface area contributed by atoms with Crippen LogP contribution < -0.4 is 0 Å². The Morgan fingerprint density at radius 1 is 0.750 bits per heavy atom. The lowest BCUT2D eigenvalue weighted by Gasteiger charge is -2.41. The Balaban J connectivity index is 6.01. The Morgan fingerprint density at radius 3 is 1.50 bits per heavy atom. The molecule has 0 N–H and O–H groups in total. The van der Waals surface area contributed by atoms with Crippen LogP contribution in [0.5, 0.6) is 0 Å². The molecule has 1 unspecified atom stereocenters. The molecule has 0 aliphatic rings. The first-order chi connectivity index (χ1) is 12.1. The predicted molar refractivity (Wildman–Crippen MR) is 65.8 cm³/mol. The van der Waals surface area contributed by atoms with Crippen molar-refractivity contribution in [1.82, 2.24) is 0 Å². The molecule has 2 nitrogen and oxygen atoms in total. The van der Waals surface area contributed by atoms with Crippen LogP contribution in [0.2, 0.25) is 0 Å². The fourth-order valence-electron chi connectivity index (χ4n) is 1.74. The van der Waals surface area contributed by atoms with Gasteiger partial charge in [0.2, 0.25) is 0 Å². The zero-order valence-electron chi connectivity index (χ0n) is 13.9. The van der Waals surface area contributed by atoms with Gasteiger partial charge in [0, 0.05) is 5.92 Å². The van der Waals surface area contributed by atoms with E-state index in [-0.39, 0.29) is 13.3 Å². The van der Waals surface area contributed by atoms with Crippen molar-refractivity contribution in [1.29, 1.82) is 0 Å². The van der Waals surface area contributed by atoms with Crippen molar-refractivity contribution >= 4 is 5.97 Å². The fraction of sp³-hybridized carbons (Fsp3) is 0.923. The van der Waals surface area contributed by atoms with Crippen molar-refractivity contribution in [2.75, 3.05) is 6.61 Å². The molecule has 1 atom stereocenters. The number of rotatable bonds is 9. The van der Waals surface area contributed by atoms with Gasteiger partial charge < -0.3 is 4.74 Å². The number of hydrogen-bond donors (Lipinski definition) is 0. The Labute approximate surface area is 149 Å². The highest BCUT2D eigenvalue weighted by Gasteiger charge is 2.91. The molecule has 28 heavy (non-hydrogen) atoms. The lowest BCUT2D eigenvalue weighted by atomic mass is 9.87. The van der Waals surface area contributed by atoms with Gasteiger partial charge in [0.05, 0.1) is 13.0 Å². The van der Waals surface area contributed by atoms with Gasteiger partial charge in [-0.25, -0.2) is 0 Å². The van der Waals surface area contributed by atoms with Crippen molar-refractivity contribution in [3.05, 3.63) is 0 Å². The van der Waals surface area contributed by atoms with E-state index in [1.54, 1.807) is 0 Å². The molecule has 0 amide bonds. The van der Waals surface area contributed by atoms with E-state index in [1.807, 2.05) is 0 Å². The van der Waals surface area contributed by atoms with Crippen LogP contribution in [-0.4, -0.2) is 48.4 Å². The molecule has 0 aliphatic carbocycles. The average molecular weight is 448 g/mol. The molecule has 0 aromatic rings. The third-order valence-electron chi connectivity index (χ3n) is 3.52. The zero-order valence-corrected chi connectivity index (χ0v) is 13.9. The Hall–Kier alpha value is -1.44. The van der Waals surface area contributed by atoms with Gasteiger partial charge in [-0.1, -0.05) is 13.8 Å². The highest BCUT2D eigenvalue weighted by molar-refractivity contribution is 5.69. The summed E-state index contributed by atoms with van der Waals surface area (Å²) in [6, 6.07) is 0. The maximum atomic E-state index is 13.7. The Bertz CT molecular complexity index is 553. The van der Waals surface area contributed by atoms with E-state index in [2.05, 4.69) is 4.74 Å². The van der Waals surface area contributed by atoms with Crippen molar-refractivity contribution in [3.8, 4) is 0 Å². The second-order valence-electron chi connectivity index (χ2n) is 5.74. The number of hydrogen-bond acceptors (Lipinski definition) is 2. The van der Waals surface area contributed by atoms with Crippen LogP contribution in [0.1, 0.15) is 26.7 Å². The van der Waals surface area contributed by atoms with E-state index in [0.29, 0.717) is 0 Å². The van der Waals surface area contributed by atoms with E-state index in [0.717, 1.165) is 0 Å². The number of halogens is 13. The van der Waals surface area contributed by atoms with Crippen LogP contribution in [0.15, 0.2) is 0 Å². The van der Waals surface area contributed by atoms with E-state index in [4.69, 9.17) is 0 Å². The molecule has 0 saturated carbocycles. The molecule has 15 heteroatoms. The summed E-state index contributed by atoms with van der Waals surface area (Å²) in [7, 11) is 0. The average Bonchev–Trinajstić information content (AvgIpc) is 2.50. The summed E-state index contributed by atoms with van der Waals surface area (Å²) >= 11 is 0. The SMILES string of the molecule is CCCOC(=O)CC(C)C(F)(F)C(F)(F)C(F)(F)C(F)(F)C(F)(F)C(F)(F)F. The van der Waals surface area contributed by atoms with E-state index in [9.17, 15) is 61.9 Å². The van der Waals surface area contributed by atoms with Gasteiger partial charge in [0.25, 0.3) is 0 Å². The summed E-state index contributed by atoms with van der Waals surface area (Å²) in [4.78, 5) is 11.1. The molecule has 0 heterocycles. The van der Waals surface area contributed by atoms with Gasteiger partial charge in [-0.05, 0) is 6.42 Å². The molecule has 0 radical (unpaired) electrons. The summed E-state index contributed by atoms with van der Waals surface area (Å²) in [5, 5.41) is 0. The lowest BCUT2D eigenvalue weighted by Crippen LogP contribution is -2.70. The quantitative estimate of drug-likeness (QED) is 0.334. The van der Waals surface area contributed by atoms with E-state index < -0.39 is 60.7 Å². The third kappa shape index (κ3) is 4.11. The minimum absolute atomic E-state index is 0.00274. The number of carbonyl (C=O) groups is 1. The Kier molecular flexibility index (Phi) is 7.37. The normalized spacial score (nSPS) is 16.1. The van der Waals surface area contributed by atoms with Gasteiger partial charge in [0.1, 0.15) is 0 Å². The van der Waals surface area contributed by atoms with Gasteiger partial charge in [-0.3, -0.25) is 4.79 Å². The summed E-state index contributed by atoms with van der Waals surface area (Å²) in [5.41, 5.74) is 0. The van der Waals surface area contributed by atoms with Gasteiger partial charge in [0.15, 0.2) is 0 Å². The molecule has 168 valence electrons. The second kappa shape index (κ2) is 7.76. The maximum Gasteiger partial charge on any atom is 0.460 e. The number of carbonyl (C=O) groups excluding carboxylic acids is 1. The molecular weight excluding hydrogens is 435 g/mol. The summed E-state index contributed by atoms with van der Waals surface area (Å²) in [6.07, 6.45) is -9.07. The first-order valence-electron chi connectivity index (χ1n) is 7.24. The number of ether oxygens (including phenoxy) is 1. The van der Waals surface area contributed by atoms with Gasteiger partial charge >= 0.3 is 41.8 Å². The minimum atomic E-state index is -7.95. The molecule has 0 aliphatic heterocycles. The largest absolute Gasteiger partial charge is 0.466 e. The predicted octanol–water partition coefficient (Wildman–Crippen LogP) is 5.70. The standard InChI is InChI=1S/C13H13F13O2/c1-3-4-28-7(27)5-6(2)8(14,15)9(16,17)10(18,19)11(20,21)12(22,23)13(24,25)26/h6H,3-5H2,1-2H3. The van der Waals surface area contributed by atoms with E-state index in [1.165, 1.54) is 6.92 Å². The summed E-state index contributed by atoms with van der Waals surface area (Å²) in [6.45, 7) is 1.01. The molecular formula is C13H13F13O2. The summed E-state index contributed by atoms with van der Waals surface area (Å²) < 4.78 is 173. The fourth-order valence-corrected chi connectivity index (χ4v) is 1.74. The van der Waals surface area contributed by atoms with Crippen LogP contribution in [0, 0.1) is 5.92 Å². The Morgan fingerprint density at radius 2 is 1.14 bits per heavy atom. The molecule has 0 aromatic heterocycles. The van der Waals surface area contributed by atoms with Crippen LogP contribution in [0.25, 0.3) is 0 Å². The third-order valence-corrected chi connectivity index (χ3v) is 3.52. The van der Waals surface area contributed by atoms with Crippen molar-refractivity contribution < 1.29 is 66.6 Å². The number of alkyl halides is 13. The molecule has 0 aromatic carbocycles. The van der Waals surface area contributed by atoms with Crippen LogP contribution in [-0.2, 0) is 9.53 Å². The zero-order chi connectivity index (χ0) is 23.0. The first kappa shape index (κ1) is 26.6. The number of esters is 1. The molecule has 0 fully saturated rings. The lowest BCUT2D eigenvalue weighted by molar-refractivity contribution is -0.442. The van der Waals surface area contributed by atoms with Crippen LogP contribution in [0.4, 0.5) is 57.1 Å². The van der Waals surface area contributed by atoms with Gasteiger partial charge in [-0.2, -0.15) is 57.1 Å². The van der Waals surface area contributed by atoms with Crippen molar-refractivity contribution in [2.24, 2.45) is 5.92 Å². The van der Waals surface area contributed by atoms with Crippen molar-refractivity contribution in [3.63, 3.8) is 0 Å². The monoisotopic (exact) mass is 448 g/mol. The highest BCUT2D eigenvalue weighted by Crippen LogP contribution is 2.61. The molecule has 0 saturated heterocycles. The topological polar surface area (TPSA) is 26.3 Å². The van der Waals surface area contributed by atoms with Gasteiger partial charge in [-0.15, -0.1) is 0 Å². The minimum Gasteiger partial charge on any atom is -0.466 e. The van der Waals surface area contributed by atoms with E-state index >= 15 is 0 Å². The van der Waals surface area contributed by atoms with Crippen molar-refractivity contribution in [2.45, 2.75) is 62.5 Å². The van der Waals surface area contributed by atoms with Crippen LogP contribution >= 0.6 is 0 Å². The second-order valence-corrected chi connectivity index (χ2v) is 5.74. The molecule has 0 spiro atoms. The molecule has 0 rings (SSSR count). The maximum absolute atomic E-state index is 13.7. The smallest absolute Gasteiger partial charge is 0.460 e. The molecule has 0 bridgehead atoms. The highest BCUT2D eigenvalue weighted by atomic mass is 19.4.